The quantitative estimate of drug-likeness (QED) is 0.555. The normalized spacial score (nSPS) is 13.7. The molecular weight excluding hydrogens is 446 g/mol. The van der Waals surface area contributed by atoms with Crippen molar-refractivity contribution in [2.24, 2.45) is 0 Å². The standard InChI is InChI=1S/C23H28BrN3O3/c1-30-15-5-12-25-23(29)20-16-19(10-11-21(20)27-13-3-2-4-14-27)26-22(28)17-6-8-18(24)9-7-17/h6-11,16H,2-5,12-15H2,1H3,(H,25,29)(H,26,28). The van der Waals surface area contributed by atoms with E-state index < -0.39 is 0 Å². The van der Waals surface area contributed by atoms with Crippen molar-refractivity contribution in [2.45, 2.75) is 25.7 Å². The molecular formula is C23H28BrN3O3. The van der Waals surface area contributed by atoms with Crippen LogP contribution in [0.1, 0.15) is 46.4 Å². The molecule has 1 aliphatic rings. The second-order valence-corrected chi connectivity index (χ2v) is 8.26. The lowest BCUT2D eigenvalue weighted by molar-refractivity contribution is 0.0947. The minimum absolute atomic E-state index is 0.133. The molecule has 7 heteroatoms. The monoisotopic (exact) mass is 473 g/mol. The number of halogens is 1. The van der Waals surface area contributed by atoms with E-state index in [0.717, 1.165) is 42.5 Å². The van der Waals surface area contributed by atoms with Gasteiger partial charge in [-0.1, -0.05) is 15.9 Å². The van der Waals surface area contributed by atoms with Crippen LogP contribution < -0.4 is 15.5 Å². The highest BCUT2D eigenvalue weighted by atomic mass is 79.9. The highest BCUT2D eigenvalue weighted by Gasteiger charge is 2.19. The zero-order valence-electron chi connectivity index (χ0n) is 17.2. The van der Waals surface area contributed by atoms with Crippen LogP contribution in [-0.2, 0) is 4.74 Å². The molecule has 0 radical (unpaired) electrons. The van der Waals surface area contributed by atoms with E-state index >= 15 is 0 Å². The lowest BCUT2D eigenvalue weighted by atomic mass is 10.1. The molecule has 0 spiro atoms. The van der Waals surface area contributed by atoms with E-state index in [2.05, 4.69) is 31.5 Å². The van der Waals surface area contributed by atoms with Crippen LogP contribution in [0, 0.1) is 0 Å². The maximum atomic E-state index is 12.9. The highest BCUT2D eigenvalue weighted by molar-refractivity contribution is 9.10. The summed E-state index contributed by atoms with van der Waals surface area (Å²) < 4.78 is 5.96. The Kier molecular flexibility index (Phi) is 8.28. The summed E-state index contributed by atoms with van der Waals surface area (Å²) in [4.78, 5) is 27.8. The largest absolute Gasteiger partial charge is 0.385 e. The van der Waals surface area contributed by atoms with Crippen molar-refractivity contribution in [3.05, 3.63) is 58.1 Å². The van der Waals surface area contributed by atoms with E-state index in [9.17, 15) is 9.59 Å². The number of anilines is 2. The van der Waals surface area contributed by atoms with Gasteiger partial charge in [0.15, 0.2) is 0 Å². The van der Waals surface area contributed by atoms with Gasteiger partial charge in [0.05, 0.1) is 5.56 Å². The molecule has 6 nitrogen and oxygen atoms in total. The van der Waals surface area contributed by atoms with Gasteiger partial charge < -0.3 is 20.3 Å². The van der Waals surface area contributed by atoms with E-state index in [-0.39, 0.29) is 11.8 Å². The zero-order chi connectivity index (χ0) is 21.3. The topological polar surface area (TPSA) is 70.7 Å². The number of nitrogens with zero attached hydrogens (tertiary/aromatic N) is 1. The number of rotatable bonds is 8. The van der Waals surface area contributed by atoms with Gasteiger partial charge in [0.1, 0.15) is 0 Å². The molecule has 1 aliphatic heterocycles. The molecule has 0 bridgehead atoms. The lowest BCUT2D eigenvalue weighted by Gasteiger charge is -2.30. The first-order valence-electron chi connectivity index (χ1n) is 10.3. The molecule has 2 aromatic rings. The minimum Gasteiger partial charge on any atom is -0.385 e. The molecule has 0 aromatic heterocycles. The van der Waals surface area contributed by atoms with E-state index in [0.29, 0.717) is 30.0 Å². The van der Waals surface area contributed by atoms with Crippen molar-refractivity contribution in [1.29, 1.82) is 0 Å². The van der Waals surface area contributed by atoms with Gasteiger partial charge in [0.25, 0.3) is 11.8 Å². The number of ether oxygens (including phenoxy) is 1. The van der Waals surface area contributed by atoms with Crippen molar-refractivity contribution in [2.75, 3.05) is 43.6 Å². The van der Waals surface area contributed by atoms with Crippen molar-refractivity contribution in [3.8, 4) is 0 Å². The minimum atomic E-state index is -0.209. The van der Waals surface area contributed by atoms with Gasteiger partial charge in [-0.05, 0) is 68.1 Å². The first-order chi connectivity index (χ1) is 14.6. The maximum Gasteiger partial charge on any atom is 0.255 e. The molecule has 0 unspecified atom stereocenters. The van der Waals surface area contributed by atoms with Crippen LogP contribution in [0.5, 0.6) is 0 Å². The molecule has 1 saturated heterocycles. The van der Waals surface area contributed by atoms with E-state index in [1.165, 1.54) is 6.42 Å². The Morgan fingerprint density at radius 2 is 1.77 bits per heavy atom. The van der Waals surface area contributed by atoms with Crippen molar-refractivity contribution >= 4 is 39.1 Å². The van der Waals surface area contributed by atoms with Crippen LogP contribution in [0.25, 0.3) is 0 Å². The summed E-state index contributed by atoms with van der Waals surface area (Å²) in [6, 6.07) is 12.7. The number of nitrogens with one attached hydrogen (secondary N) is 2. The van der Waals surface area contributed by atoms with Crippen LogP contribution in [0.3, 0.4) is 0 Å². The van der Waals surface area contributed by atoms with E-state index in [1.54, 1.807) is 25.3 Å². The number of methoxy groups -OCH3 is 1. The molecule has 0 saturated carbocycles. The van der Waals surface area contributed by atoms with Crippen molar-refractivity contribution in [1.82, 2.24) is 5.32 Å². The number of carbonyl (C=O) groups is 2. The summed E-state index contributed by atoms with van der Waals surface area (Å²) in [6.07, 6.45) is 4.21. The number of benzene rings is 2. The first kappa shape index (κ1) is 22.3. The first-order valence-corrected chi connectivity index (χ1v) is 11.1. The predicted octanol–water partition coefficient (Wildman–Crippen LogP) is 4.46. The molecule has 1 heterocycles. The third kappa shape index (κ3) is 6.06. The average Bonchev–Trinajstić information content (AvgIpc) is 2.77. The Morgan fingerprint density at radius 3 is 2.47 bits per heavy atom. The second kappa shape index (κ2) is 11.1. The molecule has 1 fully saturated rings. The van der Waals surface area contributed by atoms with Gasteiger partial charge in [-0.25, -0.2) is 0 Å². The van der Waals surface area contributed by atoms with Gasteiger partial charge in [-0.3, -0.25) is 9.59 Å². The second-order valence-electron chi connectivity index (χ2n) is 7.34. The molecule has 2 N–H and O–H groups in total. The molecule has 0 atom stereocenters. The number of piperidine rings is 1. The highest BCUT2D eigenvalue weighted by Crippen LogP contribution is 2.27. The van der Waals surface area contributed by atoms with Gasteiger partial charge >= 0.3 is 0 Å². The fourth-order valence-corrected chi connectivity index (χ4v) is 3.79. The average molecular weight is 474 g/mol. The summed E-state index contributed by atoms with van der Waals surface area (Å²) in [5.41, 5.74) is 2.66. The third-order valence-electron chi connectivity index (χ3n) is 5.11. The number of hydrogen-bond donors (Lipinski definition) is 2. The van der Waals surface area contributed by atoms with Crippen LogP contribution >= 0.6 is 15.9 Å². The van der Waals surface area contributed by atoms with E-state index in [4.69, 9.17) is 4.74 Å². The molecule has 3 rings (SSSR count). The van der Waals surface area contributed by atoms with Crippen molar-refractivity contribution in [3.63, 3.8) is 0 Å². The third-order valence-corrected chi connectivity index (χ3v) is 5.64. The van der Waals surface area contributed by atoms with Crippen LogP contribution in [0.4, 0.5) is 11.4 Å². The van der Waals surface area contributed by atoms with Crippen molar-refractivity contribution < 1.29 is 14.3 Å². The lowest BCUT2D eigenvalue weighted by Crippen LogP contribution is -2.33. The van der Waals surface area contributed by atoms with Gasteiger partial charge in [-0.15, -0.1) is 0 Å². The van der Waals surface area contributed by atoms with E-state index in [1.807, 2.05) is 24.3 Å². The Labute approximate surface area is 186 Å². The molecule has 160 valence electrons. The summed E-state index contributed by atoms with van der Waals surface area (Å²) in [7, 11) is 1.65. The van der Waals surface area contributed by atoms with Gasteiger partial charge in [-0.2, -0.15) is 0 Å². The Hall–Kier alpha value is -2.38. The smallest absolute Gasteiger partial charge is 0.255 e. The Bertz CT molecular complexity index is 864. The van der Waals surface area contributed by atoms with Crippen LogP contribution in [-0.4, -0.2) is 45.2 Å². The summed E-state index contributed by atoms with van der Waals surface area (Å²) in [5, 5.41) is 5.87. The predicted molar refractivity (Wildman–Crippen MR) is 123 cm³/mol. The fraction of sp³-hybridized carbons (Fsp3) is 0.391. The summed E-state index contributed by atoms with van der Waals surface area (Å²) in [5.74, 6) is -0.342. The Morgan fingerprint density at radius 1 is 1.03 bits per heavy atom. The number of hydrogen-bond acceptors (Lipinski definition) is 4. The number of amides is 2. The Balaban J connectivity index is 1.79. The molecule has 2 amide bonds. The van der Waals surface area contributed by atoms with Gasteiger partial charge in [0.2, 0.25) is 0 Å². The SMILES string of the molecule is COCCCNC(=O)c1cc(NC(=O)c2ccc(Br)cc2)ccc1N1CCCCC1. The number of carbonyl (C=O) groups excluding carboxylic acids is 2. The van der Waals surface area contributed by atoms with Crippen LogP contribution in [0.2, 0.25) is 0 Å². The molecule has 0 aliphatic carbocycles. The molecule has 2 aromatic carbocycles. The van der Waals surface area contributed by atoms with Crippen LogP contribution in [0.15, 0.2) is 46.9 Å². The summed E-state index contributed by atoms with van der Waals surface area (Å²) in [6.45, 7) is 3.02. The zero-order valence-corrected chi connectivity index (χ0v) is 18.8. The summed E-state index contributed by atoms with van der Waals surface area (Å²) >= 11 is 3.37. The van der Waals surface area contributed by atoms with Gasteiger partial charge in [0, 0.05) is 54.8 Å². The molecule has 30 heavy (non-hydrogen) atoms. The maximum absolute atomic E-state index is 12.9. The fourth-order valence-electron chi connectivity index (χ4n) is 3.52.